The van der Waals surface area contributed by atoms with Crippen molar-refractivity contribution in [2.45, 2.75) is 19.8 Å². The highest BCUT2D eigenvalue weighted by atomic mass is 16.2. The largest absolute Gasteiger partial charge is 0.372 e. The lowest BCUT2D eigenvalue weighted by Crippen LogP contribution is -2.29. The Morgan fingerprint density at radius 1 is 0.778 bits per heavy atom. The predicted molar refractivity (Wildman–Crippen MR) is 106 cm³/mol. The summed E-state index contributed by atoms with van der Waals surface area (Å²) >= 11 is 0. The van der Waals surface area contributed by atoms with Crippen molar-refractivity contribution in [3.05, 3.63) is 48.5 Å². The molecule has 0 radical (unpaired) electrons. The molecular formula is C20H22N4O3. The van der Waals surface area contributed by atoms with Gasteiger partial charge in [0, 0.05) is 42.8 Å². The predicted octanol–water partition coefficient (Wildman–Crippen LogP) is 2.82. The van der Waals surface area contributed by atoms with Gasteiger partial charge in [0.15, 0.2) is 0 Å². The van der Waals surface area contributed by atoms with Gasteiger partial charge in [0.25, 0.3) is 0 Å². The molecule has 0 aromatic heterocycles. The Hall–Kier alpha value is -3.35. The number of nitrogens with zero attached hydrogens (tertiary/aromatic N) is 1. The minimum atomic E-state index is -0.779. The van der Waals surface area contributed by atoms with Crippen LogP contribution in [0.4, 0.5) is 22.7 Å². The third kappa shape index (κ3) is 5.07. The van der Waals surface area contributed by atoms with Gasteiger partial charge in [-0.2, -0.15) is 0 Å². The zero-order valence-corrected chi connectivity index (χ0v) is 15.1. The summed E-state index contributed by atoms with van der Waals surface area (Å²) in [4.78, 5) is 37.6. The number of rotatable bonds is 4. The maximum atomic E-state index is 12.1. The van der Waals surface area contributed by atoms with Crippen LogP contribution in [0.2, 0.25) is 0 Å². The van der Waals surface area contributed by atoms with Crippen LogP contribution in [-0.4, -0.2) is 30.8 Å². The van der Waals surface area contributed by atoms with Crippen molar-refractivity contribution in [3.63, 3.8) is 0 Å². The summed E-state index contributed by atoms with van der Waals surface area (Å²) in [5.41, 5.74) is 2.64. The molecule has 1 heterocycles. The van der Waals surface area contributed by atoms with E-state index in [0.717, 1.165) is 18.8 Å². The summed E-state index contributed by atoms with van der Waals surface area (Å²) in [6.07, 6.45) is 2.39. The lowest BCUT2D eigenvalue weighted by molar-refractivity contribution is -0.132. The SMILES string of the molecule is CC(=O)Nc1cccc(NC(=O)C(=O)Nc2ccc(N3CCCC3)cc2)c1. The minimum absolute atomic E-state index is 0.214. The Morgan fingerprint density at radius 3 is 1.93 bits per heavy atom. The number of nitrogens with one attached hydrogen (secondary N) is 3. The van der Waals surface area contributed by atoms with Crippen LogP contribution in [0.25, 0.3) is 0 Å². The number of amides is 3. The zero-order valence-electron chi connectivity index (χ0n) is 15.1. The first-order valence-corrected chi connectivity index (χ1v) is 8.86. The number of benzene rings is 2. The molecule has 1 fully saturated rings. The third-order valence-corrected chi connectivity index (χ3v) is 4.24. The molecule has 0 aliphatic carbocycles. The van der Waals surface area contributed by atoms with E-state index in [4.69, 9.17) is 0 Å². The van der Waals surface area contributed by atoms with Gasteiger partial charge in [-0.1, -0.05) is 6.07 Å². The highest BCUT2D eigenvalue weighted by molar-refractivity contribution is 6.43. The fraction of sp³-hybridized carbons (Fsp3) is 0.250. The van der Waals surface area contributed by atoms with Crippen molar-refractivity contribution in [1.29, 1.82) is 0 Å². The average molecular weight is 366 g/mol. The Kier molecular flexibility index (Phi) is 5.71. The summed E-state index contributed by atoms with van der Waals surface area (Å²) in [6, 6.07) is 14.0. The molecule has 3 rings (SSSR count). The lowest BCUT2D eigenvalue weighted by Gasteiger charge is -2.17. The number of hydrogen-bond donors (Lipinski definition) is 3. The standard InChI is InChI=1S/C20H22N4O3/c1-14(25)21-16-5-4-6-17(13-16)23-20(27)19(26)22-15-7-9-18(10-8-15)24-11-2-3-12-24/h4-10,13H,2-3,11-12H2,1H3,(H,21,25)(H,22,26)(H,23,27). The number of carbonyl (C=O) groups is 3. The van der Waals surface area contributed by atoms with Crippen molar-refractivity contribution in [3.8, 4) is 0 Å². The molecule has 1 saturated heterocycles. The summed E-state index contributed by atoms with van der Waals surface area (Å²) < 4.78 is 0. The maximum Gasteiger partial charge on any atom is 0.314 e. The van der Waals surface area contributed by atoms with Crippen LogP contribution in [0.15, 0.2) is 48.5 Å². The van der Waals surface area contributed by atoms with Gasteiger partial charge in [0.2, 0.25) is 5.91 Å². The molecule has 27 heavy (non-hydrogen) atoms. The first-order valence-electron chi connectivity index (χ1n) is 8.86. The maximum absolute atomic E-state index is 12.1. The number of carbonyl (C=O) groups excluding carboxylic acids is 3. The molecule has 1 aliphatic rings. The van der Waals surface area contributed by atoms with Crippen molar-refractivity contribution in [2.75, 3.05) is 33.9 Å². The van der Waals surface area contributed by atoms with Crippen LogP contribution < -0.4 is 20.9 Å². The van der Waals surface area contributed by atoms with Gasteiger partial charge >= 0.3 is 11.8 Å². The van der Waals surface area contributed by atoms with E-state index < -0.39 is 11.8 Å². The molecule has 2 aromatic carbocycles. The molecule has 2 aromatic rings. The molecule has 0 saturated carbocycles. The fourth-order valence-corrected chi connectivity index (χ4v) is 2.98. The van der Waals surface area contributed by atoms with Gasteiger partial charge in [-0.05, 0) is 55.3 Å². The van der Waals surface area contributed by atoms with Crippen molar-refractivity contribution >= 4 is 40.5 Å². The van der Waals surface area contributed by atoms with E-state index in [2.05, 4.69) is 20.9 Å². The second-order valence-corrected chi connectivity index (χ2v) is 6.41. The molecular weight excluding hydrogens is 344 g/mol. The van der Waals surface area contributed by atoms with Crippen LogP contribution in [0.3, 0.4) is 0 Å². The van der Waals surface area contributed by atoms with E-state index in [0.29, 0.717) is 17.1 Å². The monoisotopic (exact) mass is 366 g/mol. The summed E-state index contributed by atoms with van der Waals surface area (Å²) in [7, 11) is 0. The van der Waals surface area contributed by atoms with Gasteiger partial charge in [-0.3, -0.25) is 14.4 Å². The van der Waals surface area contributed by atoms with E-state index >= 15 is 0 Å². The van der Waals surface area contributed by atoms with E-state index in [1.165, 1.54) is 19.8 Å². The van der Waals surface area contributed by atoms with Crippen molar-refractivity contribution < 1.29 is 14.4 Å². The Balaban J connectivity index is 1.57. The fourth-order valence-electron chi connectivity index (χ4n) is 2.98. The Morgan fingerprint density at radius 2 is 1.33 bits per heavy atom. The Bertz CT molecular complexity index is 843. The van der Waals surface area contributed by atoms with Crippen molar-refractivity contribution in [1.82, 2.24) is 0 Å². The quantitative estimate of drug-likeness (QED) is 0.726. The van der Waals surface area contributed by atoms with Crippen LogP contribution in [0, 0.1) is 0 Å². The van der Waals surface area contributed by atoms with Gasteiger partial charge in [-0.25, -0.2) is 0 Å². The lowest BCUT2D eigenvalue weighted by atomic mass is 10.2. The molecule has 0 unspecified atom stereocenters. The topological polar surface area (TPSA) is 90.5 Å². The van der Waals surface area contributed by atoms with Gasteiger partial charge in [0.1, 0.15) is 0 Å². The molecule has 3 amide bonds. The van der Waals surface area contributed by atoms with Crippen molar-refractivity contribution in [2.24, 2.45) is 0 Å². The van der Waals surface area contributed by atoms with Gasteiger partial charge in [-0.15, -0.1) is 0 Å². The molecule has 140 valence electrons. The van der Waals surface area contributed by atoms with Gasteiger partial charge in [0.05, 0.1) is 0 Å². The second-order valence-electron chi connectivity index (χ2n) is 6.41. The van der Waals surface area contributed by atoms with Crippen LogP contribution in [0.5, 0.6) is 0 Å². The third-order valence-electron chi connectivity index (χ3n) is 4.24. The minimum Gasteiger partial charge on any atom is -0.372 e. The Labute approximate surface area is 157 Å². The van der Waals surface area contributed by atoms with Crippen LogP contribution in [0.1, 0.15) is 19.8 Å². The highest BCUT2D eigenvalue weighted by Gasteiger charge is 2.15. The zero-order chi connectivity index (χ0) is 19.2. The van der Waals surface area contributed by atoms with E-state index in [1.54, 1.807) is 36.4 Å². The molecule has 0 spiro atoms. The van der Waals surface area contributed by atoms with Gasteiger partial charge < -0.3 is 20.9 Å². The smallest absolute Gasteiger partial charge is 0.314 e. The van der Waals surface area contributed by atoms with E-state index in [1.807, 2.05) is 12.1 Å². The van der Waals surface area contributed by atoms with Crippen LogP contribution in [-0.2, 0) is 14.4 Å². The molecule has 1 aliphatic heterocycles. The summed E-state index contributed by atoms with van der Waals surface area (Å²) in [5.74, 6) is -1.75. The van der Waals surface area contributed by atoms with E-state index in [9.17, 15) is 14.4 Å². The number of hydrogen-bond acceptors (Lipinski definition) is 4. The first kappa shape index (κ1) is 18.4. The first-order chi connectivity index (χ1) is 13.0. The molecule has 0 bridgehead atoms. The second kappa shape index (κ2) is 8.35. The molecule has 7 nitrogen and oxygen atoms in total. The highest BCUT2D eigenvalue weighted by Crippen LogP contribution is 2.22. The van der Waals surface area contributed by atoms with Crippen LogP contribution >= 0.6 is 0 Å². The average Bonchev–Trinajstić information content (AvgIpc) is 3.16. The molecule has 0 atom stereocenters. The normalized spacial score (nSPS) is 13.1. The number of anilines is 4. The van der Waals surface area contributed by atoms with E-state index in [-0.39, 0.29) is 5.91 Å². The molecule has 3 N–H and O–H groups in total. The summed E-state index contributed by atoms with van der Waals surface area (Å²) in [6.45, 7) is 3.49. The summed E-state index contributed by atoms with van der Waals surface area (Å²) in [5, 5.41) is 7.73. The molecule has 7 heteroatoms.